The lowest BCUT2D eigenvalue weighted by molar-refractivity contribution is -0.140. The van der Waals surface area contributed by atoms with Crippen LogP contribution in [-0.4, -0.2) is 49.5 Å². The number of aromatic nitrogens is 1. The van der Waals surface area contributed by atoms with Crippen molar-refractivity contribution in [2.45, 2.75) is 58.1 Å². The van der Waals surface area contributed by atoms with Crippen molar-refractivity contribution in [3.8, 4) is 0 Å². The second-order valence-electron chi connectivity index (χ2n) is 13.9. The molecule has 0 spiro atoms. The molecular weight excluding hydrogens is 925 g/mol. The molecule has 0 saturated heterocycles. The van der Waals surface area contributed by atoms with Gasteiger partial charge >= 0.3 is 18.5 Å². The third-order valence-electron chi connectivity index (χ3n) is 9.08. The molecule has 68 heavy (non-hydrogen) atoms. The Bertz CT molecular complexity index is 2540. The molecule has 0 bridgehead atoms. The summed E-state index contributed by atoms with van der Waals surface area (Å²) in [5.41, 5.74) is -2.69. The van der Waals surface area contributed by atoms with Gasteiger partial charge < -0.3 is 4.90 Å². The molecule has 1 heterocycles. The number of pyridine rings is 1. The highest BCUT2D eigenvalue weighted by molar-refractivity contribution is 5.83. The first-order valence-electron chi connectivity index (χ1n) is 20.1. The second kappa shape index (κ2) is 27.5. The van der Waals surface area contributed by atoms with E-state index in [0.717, 1.165) is 78.5 Å². The number of nitrogens with zero attached hydrogens (tertiary/aromatic N) is 2. The van der Waals surface area contributed by atoms with Crippen molar-refractivity contribution in [3.05, 3.63) is 177 Å². The maximum atomic E-state index is 12.8. The fraction of sp³-hybridized carbons (Fsp3) is 0.224. The Morgan fingerprint density at radius 3 is 1.57 bits per heavy atom. The van der Waals surface area contributed by atoms with Crippen molar-refractivity contribution in [1.29, 1.82) is 0 Å². The lowest BCUT2D eigenvalue weighted by atomic mass is 10.1. The summed E-state index contributed by atoms with van der Waals surface area (Å²) >= 11 is 0. The fourth-order valence-electron chi connectivity index (χ4n) is 5.62. The number of carbonyl (C=O) groups is 5. The molecule has 0 unspecified atom stereocenters. The van der Waals surface area contributed by atoms with Gasteiger partial charge in [-0.25, -0.2) is 18.2 Å². The predicted octanol–water partition coefficient (Wildman–Crippen LogP) is 13.9. The van der Waals surface area contributed by atoms with E-state index < -0.39 is 69.4 Å². The van der Waals surface area contributed by atoms with E-state index in [0.29, 0.717) is 23.9 Å². The van der Waals surface area contributed by atoms with Gasteiger partial charge in [-0.05, 0) is 91.7 Å². The summed E-state index contributed by atoms with van der Waals surface area (Å²) < 4.78 is 146. The van der Waals surface area contributed by atoms with Gasteiger partial charge in [-0.15, -0.1) is 0 Å². The molecule has 19 heteroatoms. The summed E-state index contributed by atoms with van der Waals surface area (Å²) in [6.45, 7) is 6.65. The SMILES string of the molecule is CCCCN(CCCC)c1ccc(C=O)cc1.O=Cc1c(F)cccc1C(F)(F)F.O=Cc1ccc(F)cc1C(F)(F)F.O=Cc1ccc2ccccc2n1.O=Cc1cccc(C(F)(F)F)c1F. The topological polar surface area (TPSA) is 101 Å². The summed E-state index contributed by atoms with van der Waals surface area (Å²) in [4.78, 5) is 58.0. The summed E-state index contributed by atoms with van der Waals surface area (Å²) in [7, 11) is 0. The Hall–Kier alpha value is -7.18. The van der Waals surface area contributed by atoms with Gasteiger partial charge in [0.15, 0.2) is 25.1 Å². The van der Waals surface area contributed by atoms with Crippen molar-refractivity contribution in [1.82, 2.24) is 4.98 Å². The van der Waals surface area contributed by atoms with E-state index in [2.05, 4.69) is 35.9 Å². The van der Waals surface area contributed by atoms with Gasteiger partial charge in [0.25, 0.3) is 0 Å². The molecule has 0 aliphatic heterocycles. The molecule has 0 fully saturated rings. The molecule has 0 aliphatic rings. The zero-order chi connectivity index (χ0) is 51.1. The average Bonchev–Trinajstić information content (AvgIpc) is 3.31. The lowest BCUT2D eigenvalue weighted by Gasteiger charge is -2.24. The fourth-order valence-corrected chi connectivity index (χ4v) is 5.62. The van der Waals surface area contributed by atoms with Crippen molar-refractivity contribution >= 4 is 48.0 Å². The molecule has 362 valence electrons. The van der Waals surface area contributed by atoms with Crippen molar-refractivity contribution < 1.29 is 76.7 Å². The second-order valence-corrected chi connectivity index (χ2v) is 13.9. The normalized spacial score (nSPS) is 10.9. The van der Waals surface area contributed by atoms with E-state index in [4.69, 9.17) is 0 Å². The van der Waals surface area contributed by atoms with Gasteiger partial charge in [-0.3, -0.25) is 24.0 Å². The number of para-hydroxylation sites is 1. The van der Waals surface area contributed by atoms with Crippen molar-refractivity contribution in [2.24, 2.45) is 0 Å². The highest BCUT2D eigenvalue weighted by atomic mass is 19.4. The number of unbranched alkanes of at least 4 members (excludes halogenated alkanes) is 2. The van der Waals surface area contributed by atoms with Crippen LogP contribution in [0.2, 0.25) is 0 Å². The number of aldehydes is 5. The van der Waals surface area contributed by atoms with Crippen LogP contribution in [0.5, 0.6) is 0 Å². The van der Waals surface area contributed by atoms with Crippen LogP contribution in [-0.2, 0) is 18.5 Å². The maximum Gasteiger partial charge on any atom is 0.419 e. The van der Waals surface area contributed by atoms with Gasteiger partial charge in [0.05, 0.1) is 33.3 Å². The smallest absolute Gasteiger partial charge is 0.372 e. The summed E-state index contributed by atoms with van der Waals surface area (Å²) in [6, 6.07) is 26.0. The minimum absolute atomic E-state index is 0.0439. The van der Waals surface area contributed by atoms with E-state index in [-0.39, 0.29) is 18.9 Å². The Kier molecular flexibility index (Phi) is 23.0. The molecule has 0 aliphatic carbocycles. The number of benzene rings is 5. The first-order chi connectivity index (χ1) is 32.1. The number of carbonyl (C=O) groups excluding carboxylic acids is 5. The molecule has 0 radical (unpaired) electrons. The average molecular weight is 967 g/mol. The Labute approximate surface area is 382 Å². The maximum absolute atomic E-state index is 12.8. The van der Waals surface area contributed by atoms with Crippen LogP contribution < -0.4 is 4.90 Å². The highest BCUT2D eigenvalue weighted by Gasteiger charge is 2.36. The highest BCUT2D eigenvalue weighted by Crippen LogP contribution is 2.34. The molecular formula is C49H42F12N2O5. The quantitative estimate of drug-likeness (QED) is 0.0889. The van der Waals surface area contributed by atoms with E-state index in [1.807, 2.05) is 42.5 Å². The van der Waals surface area contributed by atoms with Crippen molar-refractivity contribution in [3.63, 3.8) is 0 Å². The molecule has 5 aromatic carbocycles. The molecule has 0 atom stereocenters. The third-order valence-corrected chi connectivity index (χ3v) is 9.08. The van der Waals surface area contributed by atoms with Crippen LogP contribution in [0.4, 0.5) is 58.4 Å². The van der Waals surface area contributed by atoms with Crippen LogP contribution in [0.25, 0.3) is 10.9 Å². The Morgan fingerprint density at radius 1 is 0.515 bits per heavy atom. The number of anilines is 1. The number of hydrogen-bond donors (Lipinski definition) is 0. The standard InChI is InChI=1S/C15H23NO.C10H7NO.3C8H4F4O/c1-3-5-11-16(12-6-4-2)15-9-7-14(13-17)8-10-15;12-7-9-6-5-8-3-1-2-4-10(8)11-9;9-6-2-1-5(4-13)7(3-6)8(10,11)12;9-7-3-1-2-6(5(7)4-13)8(10,11)12;9-7-5(4-13)2-1-3-6(7)8(10,11)12/h7-10,13H,3-6,11-12H2,1-2H3;1-7H;3*1-4H. The van der Waals surface area contributed by atoms with Gasteiger partial charge in [0.2, 0.25) is 0 Å². The predicted molar refractivity (Wildman–Crippen MR) is 231 cm³/mol. The van der Waals surface area contributed by atoms with E-state index in [1.165, 1.54) is 31.4 Å². The largest absolute Gasteiger partial charge is 0.419 e. The molecule has 0 amide bonds. The minimum atomic E-state index is -4.76. The number of halogens is 12. The van der Waals surface area contributed by atoms with Crippen LogP contribution in [0.1, 0.15) is 108 Å². The molecule has 1 aromatic heterocycles. The number of hydrogen-bond acceptors (Lipinski definition) is 7. The van der Waals surface area contributed by atoms with E-state index >= 15 is 0 Å². The van der Waals surface area contributed by atoms with E-state index in [1.54, 1.807) is 6.07 Å². The lowest BCUT2D eigenvalue weighted by Crippen LogP contribution is -2.25. The third kappa shape index (κ3) is 18.2. The zero-order valence-electron chi connectivity index (χ0n) is 36.1. The van der Waals surface area contributed by atoms with Gasteiger partial charge in [0.1, 0.15) is 29.4 Å². The monoisotopic (exact) mass is 966 g/mol. The Morgan fingerprint density at radius 2 is 1.07 bits per heavy atom. The molecule has 6 aromatic rings. The van der Waals surface area contributed by atoms with Gasteiger partial charge in [-0.1, -0.05) is 63.1 Å². The zero-order valence-corrected chi connectivity index (χ0v) is 36.1. The van der Waals surface area contributed by atoms with E-state index in [9.17, 15) is 76.7 Å². The van der Waals surface area contributed by atoms with Gasteiger partial charge in [-0.2, -0.15) is 39.5 Å². The summed E-state index contributed by atoms with van der Waals surface area (Å²) in [5, 5.41) is 1.06. The van der Waals surface area contributed by atoms with Crippen LogP contribution >= 0.6 is 0 Å². The van der Waals surface area contributed by atoms with Crippen LogP contribution in [0, 0.1) is 17.5 Å². The van der Waals surface area contributed by atoms with Crippen molar-refractivity contribution in [2.75, 3.05) is 18.0 Å². The minimum Gasteiger partial charge on any atom is -0.372 e. The molecule has 6 rings (SSSR count). The summed E-state index contributed by atoms with van der Waals surface area (Å²) in [6.07, 6.45) is -7.67. The van der Waals surface area contributed by atoms with Gasteiger partial charge in [0, 0.05) is 35.3 Å². The summed E-state index contributed by atoms with van der Waals surface area (Å²) in [5.74, 6) is -3.70. The number of rotatable bonds is 12. The first-order valence-corrected chi connectivity index (χ1v) is 20.1. The number of fused-ring (bicyclic) bond motifs is 1. The number of alkyl halides is 9. The van der Waals surface area contributed by atoms with Crippen LogP contribution in [0.15, 0.2) is 115 Å². The van der Waals surface area contributed by atoms with Crippen LogP contribution in [0.3, 0.4) is 0 Å². The molecule has 0 saturated carbocycles. The molecule has 7 nitrogen and oxygen atoms in total. The first kappa shape index (κ1) is 56.9. The molecule has 0 N–H and O–H groups in total. The Balaban J connectivity index is 0.000000293.